The lowest BCUT2D eigenvalue weighted by Gasteiger charge is -2.13. The van der Waals surface area contributed by atoms with Crippen LogP contribution in [0.15, 0.2) is 42.5 Å². The number of anilines is 1. The van der Waals surface area contributed by atoms with Crippen molar-refractivity contribution >= 4 is 11.6 Å². The van der Waals surface area contributed by atoms with Crippen LogP contribution in [-0.2, 0) is 0 Å². The number of amides is 1. The van der Waals surface area contributed by atoms with Crippen molar-refractivity contribution in [3.8, 4) is 0 Å². The first-order valence-electron chi connectivity index (χ1n) is 6.96. The summed E-state index contributed by atoms with van der Waals surface area (Å²) in [6, 6.07) is 13.7. The fourth-order valence-corrected chi connectivity index (χ4v) is 2.33. The summed E-state index contributed by atoms with van der Waals surface area (Å²) in [5.41, 5.74) is 5.16. The molecule has 2 aromatic carbocycles. The zero-order valence-corrected chi connectivity index (χ0v) is 12.5. The lowest BCUT2D eigenvalue weighted by atomic mass is 9.97. The summed E-state index contributed by atoms with van der Waals surface area (Å²) in [4.78, 5) is 12.2. The Bertz CT molecular complexity index is 629. The van der Waals surface area contributed by atoms with E-state index in [1.165, 1.54) is 11.1 Å². The average Bonchev–Trinajstić information content (AvgIpc) is 2.40. The topological polar surface area (TPSA) is 29.1 Å². The van der Waals surface area contributed by atoms with Crippen molar-refractivity contribution in [2.75, 3.05) is 5.32 Å². The number of carbonyl (C=O) groups is 1. The first-order chi connectivity index (χ1) is 9.47. The molecule has 0 atom stereocenters. The molecule has 0 unspecified atom stereocenters. The minimum absolute atomic E-state index is 0.0627. The third-order valence-electron chi connectivity index (χ3n) is 3.44. The minimum Gasteiger partial charge on any atom is -0.322 e. The quantitative estimate of drug-likeness (QED) is 0.859. The second-order valence-corrected chi connectivity index (χ2v) is 5.55. The van der Waals surface area contributed by atoms with Gasteiger partial charge in [0.25, 0.3) is 5.91 Å². The maximum Gasteiger partial charge on any atom is 0.255 e. The summed E-state index contributed by atoms with van der Waals surface area (Å²) >= 11 is 0. The lowest BCUT2D eigenvalue weighted by Crippen LogP contribution is -2.12. The van der Waals surface area contributed by atoms with Crippen molar-refractivity contribution < 1.29 is 4.79 Å². The van der Waals surface area contributed by atoms with E-state index < -0.39 is 0 Å². The van der Waals surface area contributed by atoms with Gasteiger partial charge in [0, 0.05) is 11.3 Å². The van der Waals surface area contributed by atoms with E-state index in [1.54, 1.807) is 0 Å². The van der Waals surface area contributed by atoms with Crippen LogP contribution in [0.5, 0.6) is 0 Å². The number of benzene rings is 2. The molecule has 2 heteroatoms. The van der Waals surface area contributed by atoms with Crippen molar-refractivity contribution in [3.63, 3.8) is 0 Å². The normalized spacial score (nSPS) is 10.7. The molecule has 1 N–H and O–H groups in total. The van der Waals surface area contributed by atoms with Gasteiger partial charge in [-0.15, -0.1) is 0 Å². The van der Waals surface area contributed by atoms with E-state index in [0.29, 0.717) is 11.5 Å². The maximum absolute atomic E-state index is 12.2. The molecule has 1 amide bonds. The summed E-state index contributed by atoms with van der Waals surface area (Å²) in [5.74, 6) is 0.387. The predicted molar refractivity (Wildman–Crippen MR) is 84.4 cm³/mol. The third kappa shape index (κ3) is 3.27. The second kappa shape index (κ2) is 5.91. The molecule has 20 heavy (non-hydrogen) atoms. The Labute approximate surface area is 120 Å². The SMILES string of the molecule is Cc1cccc(C(=O)Nc2ccc(C)c(C(C)C)c2)c1. The van der Waals surface area contributed by atoms with Crippen molar-refractivity contribution in [1.29, 1.82) is 0 Å². The highest BCUT2D eigenvalue weighted by atomic mass is 16.1. The molecule has 0 fully saturated rings. The van der Waals surface area contributed by atoms with Gasteiger partial charge in [-0.3, -0.25) is 4.79 Å². The molecule has 0 saturated heterocycles. The molecule has 2 rings (SSSR count). The molecule has 104 valence electrons. The van der Waals surface area contributed by atoms with Gasteiger partial charge < -0.3 is 5.32 Å². The zero-order valence-electron chi connectivity index (χ0n) is 12.5. The Hall–Kier alpha value is -2.09. The van der Waals surface area contributed by atoms with Crippen LogP contribution in [0.4, 0.5) is 5.69 Å². The van der Waals surface area contributed by atoms with Crippen LogP contribution in [0.1, 0.15) is 46.8 Å². The van der Waals surface area contributed by atoms with E-state index in [1.807, 2.05) is 37.3 Å². The van der Waals surface area contributed by atoms with E-state index in [2.05, 4.69) is 38.2 Å². The highest BCUT2D eigenvalue weighted by Gasteiger charge is 2.09. The molecular formula is C18H21NO. The molecular weight excluding hydrogens is 246 g/mol. The molecule has 0 saturated carbocycles. The van der Waals surface area contributed by atoms with Gasteiger partial charge in [-0.2, -0.15) is 0 Å². The fourth-order valence-electron chi connectivity index (χ4n) is 2.33. The van der Waals surface area contributed by atoms with Crippen LogP contribution in [0.2, 0.25) is 0 Å². The molecule has 2 nitrogen and oxygen atoms in total. The lowest BCUT2D eigenvalue weighted by molar-refractivity contribution is 0.102. The largest absolute Gasteiger partial charge is 0.322 e. The Balaban J connectivity index is 2.22. The van der Waals surface area contributed by atoms with Crippen molar-refractivity contribution in [2.45, 2.75) is 33.6 Å². The highest BCUT2D eigenvalue weighted by molar-refractivity contribution is 6.04. The Morgan fingerprint density at radius 1 is 1.05 bits per heavy atom. The molecule has 2 aromatic rings. The Kier molecular flexibility index (Phi) is 4.23. The van der Waals surface area contributed by atoms with E-state index >= 15 is 0 Å². The first kappa shape index (κ1) is 14.3. The average molecular weight is 267 g/mol. The van der Waals surface area contributed by atoms with Gasteiger partial charge in [0.15, 0.2) is 0 Å². The van der Waals surface area contributed by atoms with Gasteiger partial charge >= 0.3 is 0 Å². The van der Waals surface area contributed by atoms with Crippen LogP contribution >= 0.6 is 0 Å². The van der Waals surface area contributed by atoms with E-state index in [4.69, 9.17) is 0 Å². The van der Waals surface area contributed by atoms with Gasteiger partial charge in [-0.25, -0.2) is 0 Å². The first-order valence-corrected chi connectivity index (χ1v) is 6.96. The standard InChI is InChI=1S/C18H21NO/c1-12(2)17-11-16(9-8-14(17)4)19-18(20)15-7-5-6-13(3)10-15/h5-12H,1-4H3,(H,19,20). The van der Waals surface area contributed by atoms with Crippen LogP contribution in [0.3, 0.4) is 0 Å². The van der Waals surface area contributed by atoms with Gasteiger partial charge in [0.2, 0.25) is 0 Å². The van der Waals surface area contributed by atoms with E-state index in [-0.39, 0.29) is 5.91 Å². The van der Waals surface area contributed by atoms with Gasteiger partial charge in [0.05, 0.1) is 0 Å². The molecule has 0 heterocycles. The number of aryl methyl sites for hydroxylation is 2. The van der Waals surface area contributed by atoms with Crippen molar-refractivity contribution in [3.05, 3.63) is 64.7 Å². The molecule has 0 bridgehead atoms. The van der Waals surface area contributed by atoms with E-state index in [0.717, 1.165) is 11.3 Å². The summed E-state index contributed by atoms with van der Waals surface area (Å²) in [7, 11) is 0. The number of rotatable bonds is 3. The third-order valence-corrected chi connectivity index (χ3v) is 3.44. The molecule has 0 aliphatic rings. The van der Waals surface area contributed by atoms with E-state index in [9.17, 15) is 4.79 Å². The Morgan fingerprint density at radius 2 is 1.80 bits per heavy atom. The second-order valence-electron chi connectivity index (χ2n) is 5.55. The molecule has 0 aliphatic carbocycles. The number of hydrogen-bond donors (Lipinski definition) is 1. The number of nitrogens with one attached hydrogen (secondary N) is 1. The smallest absolute Gasteiger partial charge is 0.255 e. The maximum atomic E-state index is 12.2. The van der Waals surface area contributed by atoms with Crippen LogP contribution in [0.25, 0.3) is 0 Å². The molecule has 0 spiro atoms. The van der Waals surface area contributed by atoms with Gasteiger partial charge in [-0.1, -0.05) is 37.6 Å². The fraction of sp³-hybridized carbons (Fsp3) is 0.278. The number of hydrogen-bond acceptors (Lipinski definition) is 1. The zero-order chi connectivity index (χ0) is 14.7. The van der Waals surface area contributed by atoms with Gasteiger partial charge in [-0.05, 0) is 55.2 Å². The molecule has 0 aliphatic heterocycles. The van der Waals surface area contributed by atoms with Crippen LogP contribution < -0.4 is 5.32 Å². The highest BCUT2D eigenvalue weighted by Crippen LogP contribution is 2.23. The summed E-state index contributed by atoms with van der Waals surface area (Å²) < 4.78 is 0. The van der Waals surface area contributed by atoms with Gasteiger partial charge in [0.1, 0.15) is 0 Å². The van der Waals surface area contributed by atoms with Crippen molar-refractivity contribution in [2.24, 2.45) is 0 Å². The monoisotopic (exact) mass is 267 g/mol. The van der Waals surface area contributed by atoms with Crippen LogP contribution in [-0.4, -0.2) is 5.91 Å². The predicted octanol–water partition coefficient (Wildman–Crippen LogP) is 4.68. The molecule has 0 aromatic heterocycles. The summed E-state index contributed by atoms with van der Waals surface area (Å²) in [6.45, 7) is 8.41. The van der Waals surface area contributed by atoms with Crippen LogP contribution in [0, 0.1) is 13.8 Å². The summed E-state index contributed by atoms with van der Waals surface area (Å²) in [5, 5.41) is 2.97. The van der Waals surface area contributed by atoms with Crippen molar-refractivity contribution in [1.82, 2.24) is 0 Å². The molecule has 0 radical (unpaired) electrons. The number of carbonyl (C=O) groups excluding carboxylic acids is 1. The minimum atomic E-state index is -0.0627. The summed E-state index contributed by atoms with van der Waals surface area (Å²) in [6.07, 6.45) is 0. The Morgan fingerprint density at radius 3 is 2.45 bits per heavy atom.